The maximum atomic E-state index is 13.5. The lowest BCUT2D eigenvalue weighted by Crippen LogP contribution is -2.32. The van der Waals surface area contributed by atoms with Crippen LogP contribution in [0, 0.1) is 0 Å². The molecule has 6 nitrogen and oxygen atoms in total. The van der Waals surface area contributed by atoms with Crippen LogP contribution in [0.5, 0.6) is 0 Å². The quantitative estimate of drug-likeness (QED) is 0.349. The molecule has 1 fully saturated rings. The Morgan fingerprint density at radius 3 is 2.58 bits per heavy atom. The first-order chi connectivity index (χ1) is 17.3. The number of aliphatic hydroxyl groups excluding tert-OH is 1. The Balaban J connectivity index is 1.80. The van der Waals surface area contributed by atoms with Gasteiger partial charge in [-0.15, -0.1) is 0 Å². The number of rotatable bonds is 6. The largest absolute Gasteiger partial charge is 0.416 e. The van der Waals surface area contributed by atoms with E-state index in [2.05, 4.69) is 0 Å². The third-order valence-corrected chi connectivity index (χ3v) is 6.68. The second-order valence-corrected chi connectivity index (χ2v) is 9.18. The van der Waals surface area contributed by atoms with Crippen LogP contribution in [0.4, 0.5) is 19.0 Å². The van der Waals surface area contributed by atoms with Crippen molar-refractivity contribution in [3.05, 3.63) is 70.9 Å². The van der Waals surface area contributed by atoms with E-state index in [9.17, 15) is 18.3 Å². The topological polar surface area (TPSA) is 62.9 Å². The number of aromatic nitrogens is 3. The van der Waals surface area contributed by atoms with E-state index >= 15 is 0 Å². The zero-order valence-corrected chi connectivity index (χ0v) is 20.2. The van der Waals surface area contributed by atoms with Gasteiger partial charge in [0, 0.05) is 30.3 Å². The van der Waals surface area contributed by atoms with Crippen molar-refractivity contribution in [2.75, 3.05) is 25.2 Å². The predicted molar refractivity (Wildman–Crippen MR) is 132 cm³/mol. The van der Waals surface area contributed by atoms with Crippen LogP contribution in [0.1, 0.15) is 24.1 Å². The minimum atomic E-state index is -4.48. The van der Waals surface area contributed by atoms with Gasteiger partial charge in [-0.05, 0) is 42.7 Å². The average Bonchev–Trinajstić information content (AvgIpc) is 3.48. The number of nitrogens with zero attached hydrogens (tertiary/aromatic N) is 4. The third-order valence-electron chi connectivity index (χ3n) is 6.43. The zero-order chi connectivity index (χ0) is 25.4. The van der Waals surface area contributed by atoms with Crippen molar-refractivity contribution in [3.8, 4) is 22.4 Å². The first-order valence-electron chi connectivity index (χ1n) is 11.5. The molecule has 0 amide bonds. The number of ether oxygens (including phenoxy) is 1. The highest BCUT2D eigenvalue weighted by molar-refractivity contribution is 6.30. The molecule has 0 aliphatic carbocycles. The third kappa shape index (κ3) is 4.54. The molecule has 188 valence electrons. The van der Waals surface area contributed by atoms with Crippen LogP contribution in [-0.2, 0) is 17.5 Å². The van der Waals surface area contributed by atoms with Crippen LogP contribution in [0.15, 0.2) is 54.6 Å². The number of halogens is 4. The van der Waals surface area contributed by atoms with Gasteiger partial charge in [-0.25, -0.2) is 9.50 Å². The van der Waals surface area contributed by atoms with E-state index in [0.29, 0.717) is 45.5 Å². The van der Waals surface area contributed by atoms with Crippen LogP contribution in [0.3, 0.4) is 0 Å². The maximum Gasteiger partial charge on any atom is 0.416 e. The Bertz CT molecular complexity index is 1390. The van der Waals surface area contributed by atoms with Gasteiger partial charge in [0.15, 0.2) is 5.65 Å². The van der Waals surface area contributed by atoms with Crippen molar-refractivity contribution in [1.82, 2.24) is 14.6 Å². The second kappa shape index (κ2) is 9.72. The summed E-state index contributed by atoms with van der Waals surface area (Å²) in [5.74, 6) is 0.575. The molecule has 1 atom stereocenters. The average molecular weight is 517 g/mol. The van der Waals surface area contributed by atoms with Crippen LogP contribution >= 0.6 is 11.6 Å². The highest BCUT2D eigenvalue weighted by atomic mass is 35.5. The van der Waals surface area contributed by atoms with Gasteiger partial charge in [0.2, 0.25) is 0 Å². The summed E-state index contributed by atoms with van der Waals surface area (Å²) in [7, 11) is 1.55. The fourth-order valence-corrected chi connectivity index (χ4v) is 4.86. The molecule has 4 aromatic rings. The normalized spacial score (nSPS) is 16.3. The SMILES string of the molecule is COCc1nn2c(-c3cccc(C(F)(F)F)c3)cc(N3CCCC3CO)nc2c1-c1ccc(Cl)cc1. The number of anilines is 1. The van der Waals surface area contributed by atoms with Gasteiger partial charge in [-0.1, -0.05) is 35.9 Å². The first-order valence-corrected chi connectivity index (χ1v) is 11.9. The van der Waals surface area contributed by atoms with Crippen molar-refractivity contribution in [3.63, 3.8) is 0 Å². The van der Waals surface area contributed by atoms with Gasteiger partial charge in [-0.3, -0.25) is 0 Å². The fourth-order valence-electron chi connectivity index (χ4n) is 4.73. The number of fused-ring (bicyclic) bond motifs is 1. The summed E-state index contributed by atoms with van der Waals surface area (Å²) in [6.45, 7) is 0.831. The lowest BCUT2D eigenvalue weighted by molar-refractivity contribution is -0.137. The maximum absolute atomic E-state index is 13.5. The Morgan fingerprint density at radius 1 is 1.11 bits per heavy atom. The Labute approximate surface area is 210 Å². The number of benzene rings is 2. The molecular weight excluding hydrogens is 493 g/mol. The molecule has 0 spiro atoms. The van der Waals surface area contributed by atoms with Crippen LogP contribution in [0.25, 0.3) is 28.0 Å². The van der Waals surface area contributed by atoms with Crippen LogP contribution < -0.4 is 4.90 Å². The molecule has 2 aromatic carbocycles. The summed E-state index contributed by atoms with van der Waals surface area (Å²) in [4.78, 5) is 6.92. The minimum absolute atomic E-state index is 0.0377. The monoisotopic (exact) mass is 516 g/mol. The lowest BCUT2D eigenvalue weighted by atomic mass is 10.1. The molecule has 1 saturated heterocycles. The summed E-state index contributed by atoms with van der Waals surface area (Å²) >= 11 is 6.11. The van der Waals surface area contributed by atoms with Crippen molar-refractivity contribution >= 4 is 23.1 Å². The van der Waals surface area contributed by atoms with E-state index in [1.165, 1.54) is 6.07 Å². The van der Waals surface area contributed by atoms with E-state index in [4.69, 9.17) is 26.4 Å². The molecule has 1 N–H and O–H groups in total. The summed E-state index contributed by atoms with van der Waals surface area (Å²) in [6, 6.07) is 14.0. The number of alkyl halides is 3. The summed E-state index contributed by atoms with van der Waals surface area (Å²) < 4.78 is 47.6. The molecule has 0 bridgehead atoms. The van der Waals surface area contributed by atoms with E-state index in [-0.39, 0.29) is 19.3 Å². The van der Waals surface area contributed by atoms with Gasteiger partial charge in [0.1, 0.15) is 5.82 Å². The Morgan fingerprint density at radius 2 is 1.89 bits per heavy atom. The Hall–Kier alpha value is -3.14. The number of hydrogen-bond acceptors (Lipinski definition) is 5. The molecule has 1 unspecified atom stereocenters. The first kappa shape index (κ1) is 24.5. The van der Waals surface area contributed by atoms with Gasteiger partial charge in [-0.2, -0.15) is 18.3 Å². The lowest BCUT2D eigenvalue weighted by Gasteiger charge is -2.25. The van der Waals surface area contributed by atoms with Gasteiger partial charge in [0.05, 0.1) is 41.8 Å². The molecule has 0 saturated carbocycles. The molecule has 3 heterocycles. The highest BCUT2D eigenvalue weighted by Crippen LogP contribution is 2.37. The summed E-state index contributed by atoms with van der Waals surface area (Å²) in [6.07, 6.45) is -2.79. The van der Waals surface area contributed by atoms with Crippen molar-refractivity contribution < 1.29 is 23.0 Å². The smallest absolute Gasteiger partial charge is 0.394 e. The van der Waals surface area contributed by atoms with E-state index in [0.717, 1.165) is 30.5 Å². The van der Waals surface area contributed by atoms with Crippen molar-refractivity contribution in [1.29, 1.82) is 0 Å². The molecule has 0 radical (unpaired) electrons. The Kier molecular flexibility index (Phi) is 6.63. The van der Waals surface area contributed by atoms with Crippen LogP contribution in [0.2, 0.25) is 5.02 Å². The zero-order valence-electron chi connectivity index (χ0n) is 19.5. The van der Waals surface area contributed by atoms with Crippen LogP contribution in [-0.4, -0.2) is 46.0 Å². The van der Waals surface area contributed by atoms with Gasteiger partial charge >= 0.3 is 6.18 Å². The molecule has 5 rings (SSSR count). The molecular formula is C26H24ClF3N4O2. The van der Waals surface area contributed by atoms with E-state index in [1.807, 2.05) is 17.0 Å². The van der Waals surface area contributed by atoms with Crippen molar-refractivity contribution in [2.24, 2.45) is 0 Å². The molecule has 2 aromatic heterocycles. The molecule has 36 heavy (non-hydrogen) atoms. The van der Waals surface area contributed by atoms with Crippen molar-refractivity contribution in [2.45, 2.75) is 31.7 Å². The van der Waals surface area contributed by atoms with Gasteiger partial charge < -0.3 is 14.7 Å². The van der Waals surface area contributed by atoms with E-state index in [1.54, 1.807) is 35.9 Å². The minimum Gasteiger partial charge on any atom is -0.394 e. The van der Waals surface area contributed by atoms with Gasteiger partial charge in [0.25, 0.3) is 0 Å². The number of hydrogen-bond donors (Lipinski definition) is 1. The second-order valence-electron chi connectivity index (χ2n) is 8.75. The fraction of sp³-hybridized carbons (Fsp3) is 0.308. The highest BCUT2D eigenvalue weighted by Gasteiger charge is 2.32. The molecule has 10 heteroatoms. The number of aliphatic hydroxyl groups is 1. The molecule has 1 aliphatic rings. The standard InChI is InChI=1S/C26H24ClF3N4O2/c1-36-15-21-24(16-7-9-19(27)10-8-16)25-31-23(33-11-3-6-20(33)14-35)13-22(34(25)32-21)17-4-2-5-18(12-17)26(28,29)30/h2,4-5,7-10,12-13,20,35H,3,6,11,14-15H2,1H3. The van der Waals surface area contributed by atoms with E-state index < -0.39 is 11.7 Å². The molecule has 1 aliphatic heterocycles. The summed E-state index contributed by atoms with van der Waals surface area (Å²) in [5.41, 5.74) is 2.66. The predicted octanol–water partition coefficient (Wildman–Crippen LogP) is 5.84. The number of methoxy groups -OCH3 is 1. The summed E-state index contributed by atoms with van der Waals surface area (Å²) in [5, 5.41) is 15.2.